The van der Waals surface area contributed by atoms with Gasteiger partial charge in [0.25, 0.3) is 0 Å². The molecule has 0 aliphatic carbocycles. The second kappa shape index (κ2) is 7.94. The van der Waals surface area contributed by atoms with Crippen molar-refractivity contribution in [3.63, 3.8) is 0 Å². The van der Waals surface area contributed by atoms with Crippen LogP contribution in [-0.4, -0.2) is 9.97 Å². The largest absolute Gasteiger partial charge is 0.265 e. The third kappa shape index (κ3) is 4.98. The second-order valence-electron chi connectivity index (χ2n) is 5.39. The second-order valence-corrected chi connectivity index (χ2v) is 5.75. The van der Waals surface area contributed by atoms with Gasteiger partial charge in [-0.1, -0.05) is 44.0 Å². The van der Waals surface area contributed by atoms with Gasteiger partial charge in [-0.2, -0.15) is 0 Å². The fraction of sp³-hybridized carbons (Fsp3) is 0.333. The van der Waals surface area contributed by atoms with E-state index in [2.05, 4.69) is 29.9 Å². The van der Waals surface area contributed by atoms with Gasteiger partial charge in [-0.3, -0.25) is 4.98 Å². The maximum absolute atomic E-state index is 6.18. The zero-order chi connectivity index (χ0) is 15.1. The highest BCUT2D eigenvalue weighted by molar-refractivity contribution is 6.30. The van der Waals surface area contributed by atoms with E-state index in [1.807, 2.05) is 30.5 Å². The Hall–Kier alpha value is -1.67. The average molecular weight is 300 g/mol. The molecule has 0 amide bonds. The number of hydrogen-bond donors (Lipinski definition) is 0. The summed E-state index contributed by atoms with van der Waals surface area (Å²) in [7, 11) is 0. The van der Waals surface area contributed by atoms with Gasteiger partial charge in [0.05, 0.1) is 0 Å². The Morgan fingerprint density at radius 1 is 1.24 bits per heavy atom. The first-order chi connectivity index (χ1) is 10.2. The van der Waals surface area contributed by atoms with Crippen molar-refractivity contribution < 1.29 is 0 Å². The van der Waals surface area contributed by atoms with Gasteiger partial charge in [-0.15, -0.1) is 0 Å². The van der Waals surface area contributed by atoms with E-state index in [9.17, 15) is 0 Å². The fourth-order valence-corrected chi connectivity index (χ4v) is 2.21. The van der Waals surface area contributed by atoms with Crippen LogP contribution in [0.2, 0.25) is 5.15 Å². The van der Waals surface area contributed by atoms with Gasteiger partial charge in [0, 0.05) is 24.2 Å². The SMILES string of the molecule is C[C@@H](C[11CH3])CCc1cnc(Cl)c(/C=C/c2ccncc2)c1. The van der Waals surface area contributed by atoms with E-state index in [0.29, 0.717) is 5.15 Å². The lowest BCUT2D eigenvalue weighted by Gasteiger charge is -2.08. The normalized spacial score (nSPS) is 12.7. The van der Waals surface area contributed by atoms with Crippen LogP contribution in [0.15, 0.2) is 36.8 Å². The van der Waals surface area contributed by atoms with Crippen molar-refractivity contribution in [2.75, 3.05) is 0 Å². The summed E-state index contributed by atoms with van der Waals surface area (Å²) < 4.78 is 0. The van der Waals surface area contributed by atoms with Gasteiger partial charge in [-0.05, 0) is 48.1 Å². The van der Waals surface area contributed by atoms with Crippen LogP contribution in [0.25, 0.3) is 12.2 Å². The van der Waals surface area contributed by atoms with E-state index in [1.165, 1.54) is 18.4 Å². The van der Waals surface area contributed by atoms with Gasteiger partial charge in [-0.25, -0.2) is 4.98 Å². The molecule has 0 aliphatic rings. The monoisotopic (exact) mass is 299 g/mol. The molecule has 0 radical (unpaired) electrons. The summed E-state index contributed by atoms with van der Waals surface area (Å²) >= 11 is 6.18. The molecule has 0 aliphatic heterocycles. The molecule has 2 heterocycles. The van der Waals surface area contributed by atoms with Crippen LogP contribution in [0.4, 0.5) is 0 Å². The van der Waals surface area contributed by atoms with Crippen LogP contribution >= 0.6 is 11.6 Å². The van der Waals surface area contributed by atoms with Crippen molar-refractivity contribution in [1.29, 1.82) is 0 Å². The number of pyridine rings is 2. The summed E-state index contributed by atoms with van der Waals surface area (Å²) in [6.45, 7) is 4.52. The van der Waals surface area contributed by atoms with E-state index >= 15 is 0 Å². The molecule has 0 aromatic carbocycles. The summed E-state index contributed by atoms with van der Waals surface area (Å²) in [6, 6.07) is 6.06. The van der Waals surface area contributed by atoms with Crippen molar-refractivity contribution in [2.24, 2.45) is 5.92 Å². The maximum Gasteiger partial charge on any atom is 0.136 e. The molecule has 0 spiro atoms. The summed E-state index contributed by atoms with van der Waals surface area (Å²) in [5.74, 6) is 0.747. The zero-order valence-corrected chi connectivity index (χ0v) is 13.3. The lowest BCUT2D eigenvalue weighted by molar-refractivity contribution is 0.516. The fourth-order valence-electron chi connectivity index (χ4n) is 2.04. The summed E-state index contributed by atoms with van der Waals surface area (Å²) in [6.07, 6.45) is 12.9. The van der Waals surface area contributed by atoms with Gasteiger partial charge in [0.15, 0.2) is 0 Å². The first kappa shape index (κ1) is 15.7. The Morgan fingerprint density at radius 2 is 2.00 bits per heavy atom. The summed E-state index contributed by atoms with van der Waals surface area (Å²) in [5.41, 5.74) is 3.32. The Bertz CT molecular complexity index is 593. The molecule has 110 valence electrons. The molecule has 3 heteroatoms. The predicted molar refractivity (Wildman–Crippen MR) is 90.2 cm³/mol. The first-order valence-corrected chi connectivity index (χ1v) is 7.79. The molecule has 0 fully saturated rings. The minimum Gasteiger partial charge on any atom is -0.265 e. The van der Waals surface area contributed by atoms with Crippen LogP contribution in [0, 0.1) is 5.92 Å². The van der Waals surface area contributed by atoms with Crippen LogP contribution < -0.4 is 0 Å². The number of aryl methyl sites for hydroxylation is 1. The standard InChI is InChI=1S/C18H21ClN2/c1-3-14(2)4-5-16-12-17(18(19)21-13-16)7-6-15-8-10-20-11-9-15/h6-14H,3-5H2,1-2H3/b7-6+/t14-/m0/s1/i1-1. The van der Waals surface area contributed by atoms with Crippen molar-refractivity contribution in [1.82, 2.24) is 9.97 Å². The molecular formula is C18H21ClN2. The number of nitrogens with zero attached hydrogens (tertiary/aromatic N) is 2. The zero-order valence-electron chi connectivity index (χ0n) is 12.6. The van der Waals surface area contributed by atoms with Crippen LogP contribution in [0.3, 0.4) is 0 Å². The molecule has 2 aromatic heterocycles. The Kier molecular flexibility index (Phi) is 5.94. The van der Waals surface area contributed by atoms with Crippen molar-refractivity contribution in [2.45, 2.75) is 33.1 Å². The highest BCUT2D eigenvalue weighted by Crippen LogP contribution is 2.20. The van der Waals surface area contributed by atoms with E-state index < -0.39 is 0 Å². The topological polar surface area (TPSA) is 25.8 Å². The molecule has 0 saturated heterocycles. The molecule has 2 rings (SSSR count). The molecule has 0 unspecified atom stereocenters. The van der Waals surface area contributed by atoms with Gasteiger partial charge < -0.3 is 0 Å². The molecule has 1 atom stereocenters. The molecule has 21 heavy (non-hydrogen) atoms. The summed E-state index contributed by atoms with van der Waals surface area (Å²) in [4.78, 5) is 8.31. The van der Waals surface area contributed by atoms with E-state index in [1.54, 1.807) is 12.4 Å². The van der Waals surface area contributed by atoms with E-state index in [4.69, 9.17) is 11.6 Å². The van der Waals surface area contributed by atoms with Crippen LogP contribution in [0.5, 0.6) is 0 Å². The van der Waals surface area contributed by atoms with Crippen molar-refractivity contribution in [3.8, 4) is 0 Å². The van der Waals surface area contributed by atoms with Crippen LogP contribution in [-0.2, 0) is 6.42 Å². The smallest absolute Gasteiger partial charge is 0.136 e. The van der Waals surface area contributed by atoms with Crippen molar-refractivity contribution >= 4 is 23.8 Å². The maximum atomic E-state index is 6.18. The van der Waals surface area contributed by atoms with Gasteiger partial charge in [0.2, 0.25) is 0 Å². The van der Waals surface area contributed by atoms with Crippen LogP contribution in [0.1, 0.15) is 43.4 Å². The van der Waals surface area contributed by atoms with Crippen molar-refractivity contribution in [3.05, 3.63) is 58.6 Å². The molecule has 0 bridgehead atoms. The molecular weight excluding hydrogens is 279 g/mol. The minimum atomic E-state index is 0.549. The minimum absolute atomic E-state index is 0.549. The molecule has 2 nitrogen and oxygen atoms in total. The Labute approximate surface area is 131 Å². The predicted octanol–water partition coefficient (Wildman–Crippen LogP) is 5.28. The molecule has 0 N–H and O–H groups in total. The third-order valence-electron chi connectivity index (χ3n) is 3.71. The third-order valence-corrected chi connectivity index (χ3v) is 4.02. The Balaban J connectivity index is 2.10. The highest BCUT2D eigenvalue weighted by Gasteiger charge is 2.04. The van der Waals surface area contributed by atoms with E-state index in [-0.39, 0.29) is 0 Å². The lowest BCUT2D eigenvalue weighted by Crippen LogP contribution is -1.96. The quantitative estimate of drug-likeness (QED) is 0.678. The summed E-state index contributed by atoms with van der Waals surface area (Å²) in [5, 5.41) is 0.549. The molecule has 0 saturated carbocycles. The Morgan fingerprint density at radius 3 is 2.71 bits per heavy atom. The number of hydrogen-bond acceptors (Lipinski definition) is 2. The van der Waals surface area contributed by atoms with Gasteiger partial charge >= 0.3 is 0 Å². The molecule has 2 aromatic rings. The number of aromatic nitrogens is 2. The average Bonchev–Trinajstić information content (AvgIpc) is 2.53. The van der Waals surface area contributed by atoms with Gasteiger partial charge in [0.1, 0.15) is 5.15 Å². The first-order valence-electron chi connectivity index (χ1n) is 7.41. The number of rotatable bonds is 6. The highest BCUT2D eigenvalue weighted by atomic mass is 35.5. The van der Waals surface area contributed by atoms with E-state index in [0.717, 1.165) is 23.5 Å². The number of halogens is 1. The lowest BCUT2D eigenvalue weighted by atomic mass is 9.92.